The molecule has 114 heavy (non-hydrogen) atoms. The maximum Gasteiger partial charge on any atom is 0.257 e. The fourth-order valence-electron chi connectivity index (χ4n) is 14.6. The summed E-state index contributed by atoms with van der Waals surface area (Å²) in [4.78, 5) is 102. The molecule has 8 aliphatic rings. The summed E-state index contributed by atoms with van der Waals surface area (Å²) in [5.74, 6) is 2.70. The van der Waals surface area contributed by atoms with E-state index in [0.717, 1.165) is 35.1 Å². The highest BCUT2D eigenvalue weighted by molar-refractivity contribution is 6.02. The van der Waals surface area contributed by atoms with Gasteiger partial charge in [0.15, 0.2) is 45.9 Å². The van der Waals surface area contributed by atoms with Crippen LogP contribution >= 0.6 is 0 Å². The molecule has 8 bridgehead atoms. The van der Waals surface area contributed by atoms with E-state index in [2.05, 4.69) is 73.7 Å². The van der Waals surface area contributed by atoms with Crippen LogP contribution in [0.25, 0.3) is 22.6 Å². The van der Waals surface area contributed by atoms with Crippen molar-refractivity contribution >= 4 is 69.5 Å². The van der Waals surface area contributed by atoms with E-state index in [4.69, 9.17) is 48.3 Å². The van der Waals surface area contributed by atoms with Crippen molar-refractivity contribution in [1.82, 2.24) is 89.6 Å². The van der Waals surface area contributed by atoms with Crippen LogP contribution < -0.4 is 60.5 Å². The van der Waals surface area contributed by atoms with E-state index in [1.807, 2.05) is 67.5 Å². The van der Waals surface area contributed by atoms with Crippen LogP contribution in [0.4, 0.5) is 32.1 Å². The van der Waals surface area contributed by atoms with Gasteiger partial charge >= 0.3 is 0 Å². The van der Waals surface area contributed by atoms with Gasteiger partial charge in [0.05, 0.1) is 98.5 Å². The van der Waals surface area contributed by atoms with Gasteiger partial charge in [-0.25, -0.2) is 77.0 Å². The number of ether oxygens (including phenoxy) is 4. The number of benzene rings is 2. The topological polar surface area (TPSA) is 350 Å². The van der Waals surface area contributed by atoms with Crippen LogP contribution in [0.5, 0.6) is 23.3 Å². The van der Waals surface area contributed by atoms with Crippen LogP contribution in [0.15, 0.2) is 135 Å². The van der Waals surface area contributed by atoms with E-state index in [9.17, 15) is 28.0 Å². The van der Waals surface area contributed by atoms with E-state index >= 15 is 0 Å². The van der Waals surface area contributed by atoms with E-state index in [1.165, 1.54) is 58.1 Å². The highest BCUT2D eigenvalue weighted by Gasteiger charge is 2.40. The zero-order chi connectivity index (χ0) is 78.8. The summed E-state index contributed by atoms with van der Waals surface area (Å²) in [6.07, 6.45) is 19.5. The maximum absolute atomic E-state index is 14.0. The predicted octanol–water partition coefficient (Wildman–Crippen LogP) is 8.96. The Morgan fingerprint density at radius 1 is 0.404 bits per heavy atom. The summed E-state index contributed by atoms with van der Waals surface area (Å²) < 4.78 is 58.4. The number of hydrogen-bond donors (Lipinski definition) is 4. The molecule has 0 unspecified atom stereocenters. The lowest BCUT2D eigenvalue weighted by atomic mass is 10.0. The third-order valence-corrected chi connectivity index (χ3v) is 20.1. The normalized spacial score (nSPS) is 21.4. The van der Waals surface area contributed by atoms with E-state index < -0.39 is 11.1 Å². The van der Waals surface area contributed by atoms with Gasteiger partial charge in [0, 0.05) is 109 Å². The van der Waals surface area contributed by atoms with Gasteiger partial charge in [-0.2, -0.15) is 20.4 Å². The zero-order valence-corrected chi connectivity index (χ0v) is 63.4. The van der Waals surface area contributed by atoms with Crippen molar-refractivity contribution in [3.63, 3.8) is 0 Å². The number of fused-ring (bicyclic) bond motifs is 20. The minimum Gasteiger partial charge on any atom is -0.491 e. The lowest BCUT2D eigenvalue weighted by Gasteiger charge is -2.28. The largest absolute Gasteiger partial charge is 0.491 e. The SMILES string of the molecule is C[C@@H]1COc2ccc(F)cc2[C@@H]2CCON2c2ccn3ncc(c3n2)C(=O)N1.C[C@@H]1COc2ccc(F)cc2[C@H]2CCON2c2ccn3ncc(c3n2)C(=O)N1.Cc1cnc2c(c1)[C@@H]1CCON1c1ccn3ncc(c3n1)C(=O)NC(C)(C)CO2.Cc1cnc2c(c1)[C@H]1CCON1c1ccn3ncc(c3n1)C(=O)NC(C)(C)CO2. The van der Waals surface area contributed by atoms with Crippen molar-refractivity contribution in [3.05, 3.63) is 202 Å². The Labute approximate surface area is 649 Å². The van der Waals surface area contributed by atoms with Crippen LogP contribution in [-0.2, 0) is 19.4 Å². The van der Waals surface area contributed by atoms with Crippen molar-refractivity contribution in [3.8, 4) is 23.3 Å². The minimum absolute atomic E-state index is 0.0914. The number of carbonyl (C=O) groups excluding carboxylic acids is 4. The summed E-state index contributed by atoms with van der Waals surface area (Å²) in [7, 11) is 0. The first kappa shape index (κ1) is 74.0. The highest BCUT2D eigenvalue weighted by Crippen LogP contribution is 2.44. The lowest BCUT2D eigenvalue weighted by molar-refractivity contribution is 0.0871. The number of aromatic nitrogens is 14. The van der Waals surface area contributed by atoms with Gasteiger partial charge < -0.3 is 40.2 Å². The molecule has 12 aromatic rings. The van der Waals surface area contributed by atoms with Gasteiger partial charge in [-0.15, -0.1) is 0 Å². The van der Waals surface area contributed by atoms with Crippen molar-refractivity contribution < 1.29 is 66.3 Å². The summed E-state index contributed by atoms with van der Waals surface area (Å²) in [5, 5.41) is 35.6. The standard InChI is InChI=1S/2C20H22N6O3.2C19H18FN5O3/c2*1-12-8-13-15-5-7-29-26(15)16-4-6-25-17(23-16)14(10-22-25)18(27)24-20(2,3)11-28-19(13)21-9-12;2*1-11-10-27-16-3-2-12(20)8-13(16)15-5-7-28-25(15)17-4-6-24-18(23-17)14(9-21-24)19(26)22-11/h2*4,6,8-10,15H,5,7,11H2,1-3H3,(H,24,27);2*2-4,6,8-9,11,15H,5,7,10H2,1H3,(H,22,26)/t2*15-;11-,15+;11-,15-/m1011/s1. The molecule has 0 aliphatic carbocycles. The first-order valence-corrected chi connectivity index (χ1v) is 37.4. The molecule has 6 atom stereocenters. The van der Waals surface area contributed by atoms with Crippen LogP contribution in [-0.4, -0.2) is 168 Å². The number of nitrogens with zero attached hydrogens (tertiary/aromatic N) is 18. The van der Waals surface area contributed by atoms with Gasteiger partial charge in [-0.05, 0) is 115 Å². The Morgan fingerprint density at radius 3 is 1.05 bits per heavy atom. The Balaban J connectivity index is 0.000000110. The molecule has 34 nitrogen and oxygen atoms in total. The van der Waals surface area contributed by atoms with E-state index in [0.29, 0.717) is 142 Å². The molecule has 20 rings (SSSR count). The predicted molar refractivity (Wildman–Crippen MR) is 405 cm³/mol. The fourth-order valence-corrected chi connectivity index (χ4v) is 14.6. The number of hydroxylamine groups is 4. The second kappa shape index (κ2) is 30.0. The minimum atomic E-state index is -0.618. The molecule has 4 amide bonds. The van der Waals surface area contributed by atoms with E-state index in [1.54, 1.807) is 90.7 Å². The zero-order valence-electron chi connectivity index (χ0n) is 63.4. The Bertz CT molecular complexity index is 5390. The van der Waals surface area contributed by atoms with Crippen LogP contribution in [0.3, 0.4) is 0 Å². The third kappa shape index (κ3) is 14.7. The van der Waals surface area contributed by atoms with Crippen LogP contribution in [0.2, 0.25) is 0 Å². The first-order valence-electron chi connectivity index (χ1n) is 37.4. The van der Waals surface area contributed by atoms with E-state index in [-0.39, 0.29) is 97.9 Å². The third-order valence-electron chi connectivity index (χ3n) is 20.1. The number of hydrogen-bond acceptors (Lipinski definition) is 26. The molecule has 0 radical (unpaired) electrons. The molecular formula is C78H80F2N22O12. The summed E-state index contributed by atoms with van der Waals surface area (Å²) in [6, 6.07) is 19.0. The van der Waals surface area contributed by atoms with Gasteiger partial charge in [-0.1, -0.05) is 0 Å². The first-order chi connectivity index (χ1) is 55.0. The molecule has 18 heterocycles. The highest BCUT2D eigenvalue weighted by atomic mass is 19.1. The Kier molecular flexibility index (Phi) is 19.5. The van der Waals surface area contributed by atoms with Crippen LogP contribution in [0, 0.1) is 25.5 Å². The van der Waals surface area contributed by atoms with Crippen molar-refractivity contribution in [1.29, 1.82) is 0 Å². The molecule has 4 saturated heterocycles. The number of anilines is 4. The fraction of sp³-hybridized carbons (Fsp3) is 0.359. The van der Waals surface area contributed by atoms with Gasteiger partial charge in [0.2, 0.25) is 11.8 Å². The average Bonchev–Trinajstić information content (AvgIpc) is 1.65. The smallest absolute Gasteiger partial charge is 0.257 e. The lowest BCUT2D eigenvalue weighted by Crippen LogP contribution is -2.48. The Morgan fingerprint density at radius 2 is 0.719 bits per heavy atom. The number of nitrogens with one attached hydrogen (secondary N) is 4. The second-order valence-corrected chi connectivity index (χ2v) is 30.1. The van der Waals surface area contributed by atoms with Crippen molar-refractivity contribution in [2.24, 2.45) is 0 Å². The summed E-state index contributed by atoms with van der Waals surface area (Å²) in [6.45, 7) is 18.4. The number of carbonyl (C=O) groups is 4. The van der Waals surface area contributed by atoms with Gasteiger partial charge in [-0.3, -0.25) is 38.5 Å². The molecule has 36 heteroatoms. The van der Waals surface area contributed by atoms with Crippen LogP contribution in [0.1, 0.15) is 166 Å². The monoisotopic (exact) mass is 1550 g/mol. The summed E-state index contributed by atoms with van der Waals surface area (Å²) in [5.41, 5.74) is 7.46. The number of amides is 4. The molecule has 4 N–H and O–H groups in total. The molecule has 0 spiro atoms. The molecule has 0 saturated carbocycles. The van der Waals surface area contributed by atoms with Gasteiger partial charge in [0.25, 0.3) is 23.6 Å². The summed E-state index contributed by atoms with van der Waals surface area (Å²) >= 11 is 0. The van der Waals surface area contributed by atoms with Crippen molar-refractivity contribution in [2.45, 2.75) is 128 Å². The van der Waals surface area contributed by atoms with Gasteiger partial charge in [0.1, 0.15) is 71.8 Å². The molecule has 10 aromatic heterocycles. The molecule has 2 aromatic carbocycles. The maximum atomic E-state index is 14.0. The molecule has 588 valence electrons. The average molecular weight is 1560 g/mol. The second-order valence-electron chi connectivity index (χ2n) is 30.1. The number of aryl methyl sites for hydroxylation is 2. The Hall–Kier alpha value is -12.8. The number of pyridine rings is 2. The molecular weight excluding hydrogens is 1470 g/mol. The van der Waals surface area contributed by atoms with Crippen molar-refractivity contribution in [2.75, 3.05) is 73.1 Å². The number of halogens is 2. The molecule has 8 aliphatic heterocycles. The quantitative estimate of drug-likeness (QED) is 0.110. The number of rotatable bonds is 0. The molecule has 4 fully saturated rings.